The molecule has 3 aromatic rings. The molecule has 0 bridgehead atoms. The molecular formula is C23H23N5O6. The molecule has 11 nitrogen and oxygen atoms in total. The lowest BCUT2D eigenvalue weighted by atomic mass is 9.98. The number of aliphatic hydroxyl groups is 1. The maximum atomic E-state index is 12.3. The fourth-order valence-corrected chi connectivity index (χ4v) is 3.88. The number of carboxylic acids is 1. The minimum absolute atomic E-state index is 0.0344. The maximum absolute atomic E-state index is 12.3. The number of benzene rings is 2. The van der Waals surface area contributed by atoms with E-state index in [0.29, 0.717) is 5.69 Å². The summed E-state index contributed by atoms with van der Waals surface area (Å²) in [7, 11) is 0. The zero-order valence-electron chi connectivity index (χ0n) is 18.0. The highest BCUT2D eigenvalue weighted by Gasteiger charge is 2.29. The first-order valence-electron chi connectivity index (χ1n) is 10.6. The number of hydrogen-bond donors (Lipinski definition) is 4. The highest BCUT2D eigenvalue weighted by molar-refractivity contribution is 5.83. The molecule has 2 aromatic carbocycles. The Morgan fingerprint density at radius 1 is 1.06 bits per heavy atom. The first-order valence-corrected chi connectivity index (χ1v) is 10.6. The summed E-state index contributed by atoms with van der Waals surface area (Å²) < 4.78 is 6.66. The molecule has 0 spiro atoms. The lowest BCUT2D eigenvalue weighted by molar-refractivity contribution is -0.143. The number of carboxylic acid groups (broad SMARTS) is 1. The monoisotopic (exact) mass is 465 g/mol. The summed E-state index contributed by atoms with van der Waals surface area (Å²) in [5, 5.41) is 30.2. The highest BCUT2D eigenvalue weighted by Crippen LogP contribution is 2.44. The largest absolute Gasteiger partial charge is 0.480 e. The van der Waals surface area contributed by atoms with Crippen LogP contribution >= 0.6 is 0 Å². The van der Waals surface area contributed by atoms with E-state index in [-0.39, 0.29) is 25.6 Å². The van der Waals surface area contributed by atoms with E-state index in [4.69, 9.17) is 14.9 Å². The number of fused-ring (bicyclic) bond motifs is 3. The van der Waals surface area contributed by atoms with E-state index >= 15 is 0 Å². The minimum atomic E-state index is -1.40. The summed E-state index contributed by atoms with van der Waals surface area (Å²) in [5.41, 5.74) is 4.90. The van der Waals surface area contributed by atoms with Gasteiger partial charge < -0.3 is 25.6 Å². The SMILES string of the molecule is O=C(Cn1cc(CNC(=O)OCC2c3ccccc3-c3ccccc32)nn1)N[C@@H](CO)C(=O)O. The fourth-order valence-electron chi connectivity index (χ4n) is 3.88. The molecule has 2 amide bonds. The minimum Gasteiger partial charge on any atom is -0.480 e. The van der Waals surface area contributed by atoms with Crippen LogP contribution in [-0.4, -0.2) is 62.4 Å². The lowest BCUT2D eigenvalue weighted by Crippen LogP contribution is -2.44. The quantitative estimate of drug-likeness (QED) is 0.363. The van der Waals surface area contributed by atoms with Crippen LogP contribution in [-0.2, 0) is 27.4 Å². The summed E-state index contributed by atoms with van der Waals surface area (Å²) in [6.45, 7) is -0.801. The number of rotatable bonds is 9. The zero-order valence-corrected chi connectivity index (χ0v) is 18.0. The molecule has 1 aliphatic carbocycles. The van der Waals surface area contributed by atoms with E-state index < -0.39 is 30.6 Å². The van der Waals surface area contributed by atoms with E-state index in [1.165, 1.54) is 10.9 Å². The second-order valence-corrected chi connectivity index (χ2v) is 7.73. The third-order valence-electron chi connectivity index (χ3n) is 5.47. The molecule has 4 rings (SSSR count). The first kappa shape index (κ1) is 22.9. The fraction of sp³-hybridized carbons (Fsp3) is 0.261. The number of aliphatic hydroxyl groups excluding tert-OH is 1. The van der Waals surface area contributed by atoms with Gasteiger partial charge in [-0.15, -0.1) is 5.10 Å². The Morgan fingerprint density at radius 2 is 1.71 bits per heavy atom. The average Bonchev–Trinajstić information content (AvgIpc) is 3.41. The van der Waals surface area contributed by atoms with E-state index in [9.17, 15) is 14.4 Å². The third kappa shape index (κ3) is 5.04. The number of hydrogen-bond acceptors (Lipinski definition) is 7. The van der Waals surface area contributed by atoms with Gasteiger partial charge in [-0.25, -0.2) is 14.3 Å². The molecule has 4 N–H and O–H groups in total. The molecule has 0 aliphatic heterocycles. The Bertz CT molecular complexity index is 1160. The van der Waals surface area contributed by atoms with E-state index in [2.05, 4.69) is 33.1 Å². The van der Waals surface area contributed by atoms with Gasteiger partial charge >= 0.3 is 12.1 Å². The van der Waals surface area contributed by atoms with E-state index in [1.54, 1.807) is 0 Å². The van der Waals surface area contributed by atoms with Crippen molar-refractivity contribution in [3.05, 3.63) is 71.5 Å². The van der Waals surface area contributed by atoms with Crippen molar-refractivity contribution in [2.24, 2.45) is 0 Å². The van der Waals surface area contributed by atoms with Crippen molar-refractivity contribution < 1.29 is 29.3 Å². The highest BCUT2D eigenvalue weighted by atomic mass is 16.5. The summed E-state index contributed by atoms with van der Waals surface area (Å²) in [4.78, 5) is 35.0. The van der Waals surface area contributed by atoms with Crippen LogP contribution in [0.4, 0.5) is 4.79 Å². The van der Waals surface area contributed by atoms with Crippen LogP contribution in [0, 0.1) is 0 Å². The summed E-state index contributed by atoms with van der Waals surface area (Å²) in [6.07, 6.45) is 0.833. The van der Waals surface area contributed by atoms with E-state index in [0.717, 1.165) is 22.3 Å². The van der Waals surface area contributed by atoms with Crippen molar-refractivity contribution in [3.63, 3.8) is 0 Å². The van der Waals surface area contributed by atoms with E-state index in [1.807, 2.05) is 36.4 Å². The second-order valence-electron chi connectivity index (χ2n) is 7.73. The second kappa shape index (κ2) is 10.1. The van der Waals surface area contributed by atoms with Crippen molar-refractivity contribution in [3.8, 4) is 11.1 Å². The molecule has 0 unspecified atom stereocenters. The van der Waals surface area contributed by atoms with Gasteiger partial charge in [0, 0.05) is 5.92 Å². The number of ether oxygens (including phenoxy) is 1. The summed E-state index contributed by atoms with van der Waals surface area (Å²) in [5.74, 6) is -2.05. The molecule has 0 saturated carbocycles. The molecule has 0 fully saturated rings. The molecule has 1 aromatic heterocycles. The van der Waals surface area contributed by atoms with Gasteiger partial charge in [-0.2, -0.15) is 0 Å². The molecule has 34 heavy (non-hydrogen) atoms. The standard InChI is InChI=1S/C23H23N5O6/c29-12-20(22(31)32)25-21(30)11-28-10-14(26-27-28)9-24-23(33)34-13-19-17-7-3-1-5-15(17)16-6-2-4-8-18(16)19/h1-8,10,19-20,29H,9,11-13H2,(H,24,33)(H,25,30)(H,31,32)/t20-/m0/s1. The Morgan fingerprint density at radius 3 is 2.32 bits per heavy atom. The van der Waals surface area contributed by atoms with Crippen LogP contribution in [0.15, 0.2) is 54.7 Å². The molecule has 176 valence electrons. The van der Waals surface area contributed by atoms with Crippen molar-refractivity contribution >= 4 is 18.0 Å². The first-order chi connectivity index (χ1) is 16.5. The number of aromatic nitrogens is 3. The molecule has 1 atom stereocenters. The molecule has 1 heterocycles. The van der Waals surface area contributed by atoms with Crippen LogP contribution in [0.2, 0.25) is 0 Å². The molecular weight excluding hydrogens is 442 g/mol. The van der Waals surface area contributed by atoms with Gasteiger partial charge in [-0.1, -0.05) is 53.7 Å². The topological polar surface area (TPSA) is 156 Å². The number of nitrogens with one attached hydrogen (secondary N) is 2. The zero-order chi connectivity index (χ0) is 24.1. The number of carbonyl (C=O) groups is 3. The summed E-state index contributed by atoms with van der Waals surface area (Å²) >= 11 is 0. The Labute approximate surface area is 194 Å². The van der Waals surface area contributed by atoms with Crippen LogP contribution < -0.4 is 10.6 Å². The third-order valence-corrected chi connectivity index (χ3v) is 5.47. The van der Waals surface area contributed by atoms with Crippen molar-refractivity contribution in [1.82, 2.24) is 25.6 Å². The van der Waals surface area contributed by atoms with Crippen LogP contribution in [0.1, 0.15) is 22.7 Å². The Hall–Kier alpha value is -4.25. The van der Waals surface area contributed by atoms with Crippen molar-refractivity contribution in [2.45, 2.75) is 25.0 Å². The van der Waals surface area contributed by atoms with Gasteiger partial charge in [0.2, 0.25) is 5.91 Å². The van der Waals surface area contributed by atoms with Gasteiger partial charge in [0.15, 0.2) is 0 Å². The van der Waals surface area contributed by atoms with Gasteiger partial charge in [-0.3, -0.25) is 4.79 Å². The van der Waals surface area contributed by atoms with Crippen molar-refractivity contribution in [1.29, 1.82) is 0 Å². The number of amides is 2. The predicted molar refractivity (Wildman–Crippen MR) is 119 cm³/mol. The van der Waals surface area contributed by atoms with Gasteiger partial charge in [0.1, 0.15) is 24.9 Å². The Balaban J connectivity index is 1.27. The molecule has 11 heteroatoms. The molecule has 0 radical (unpaired) electrons. The summed E-state index contributed by atoms with van der Waals surface area (Å²) in [6, 6.07) is 14.7. The van der Waals surface area contributed by atoms with Gasteiger partial charge in [-0.05, 0) is 22.3 Å². The van der Waals surface area contributed by atoms with Gasteiger partial charge in [0.25, 0.3) is 0 Å². The number of aliphatic carboxylic acids is 1. The predicted octanol–water partition coefficient (Wildman–Crippen LogP) is 0.879. The maximum Gasteiger partial charge on any atom is 0.407 e. The number of carbonyl (C=O) groups excluding carboxylic acids is 2. The number of alkyl carbamates (subject to hydrolysis) is 1. The normalized spacial score (nSPS) is 13.0. The molecule has 0 saturated heterocycles. The van der Waals surface area contributed by atoms with Gasteiger partial charge in [0.05, 0.1) is 19.3 Å². The van der Waals surface area contributed by atoms with Crippen LogP contribution in [0.25, 0.3) is 11.1 Å². The van der Waals surface area contributed by atoms with Crippen LogP contribution in [0.5, 0.6) is 0 Å². The number of nitrogens with zero attached hydrogens (tertiary/aromatic N) is 3. The van der Waals surface area contributed by atoms with Crippen LogP contribution in [0.3, 0.4) is 0 Å². The average molecular weight is 465 g/mol. The lowest BCUT2D eigenvalue weighted by Gasteiger charge is -2.14. The van der Waals surface area contributed by atoms with Crippen molar-refractivity contribution in [2.75, 3.05) is 13.2 Å². The Kier molecular flexibility index (Phi) is 6.83. The molecule has 1 aliphatic rings. The smallest absolute Gasteiger partial charge is 0.407 e.